The van der Waals surface area contributed by atoms with E-state index >= 15 is 0 Å². The van der Waals surface area contributed by atoms with E-state index in [1.54, 1.807) is 25.1 Å². The summed E-state index contributed by atoms with van der Waals surface area (Å²) in [6.07, 6.45) is 0. The molecular weight excluding hydrogens is 399 g/mol. The van der Waals surface area contributed by atoms with Gasteiger partial charge in [0.25, 0.3) is 5.91 Å². The van der Waals surface area contributed by atoms with Gasteiger partial charge >= 0.3 is 0 Å². The number of ether oxygens (including phenoxy) is 2. The van der Waals surface area contributed by atoms with E-state index < -0.39 is 0 Å². The van der Waals surface area contributed by atoms with Crippen LogP contribution in [-0.4, -0.2) is 29.1 Å². The first-order valence-electron chi connectivity index (χ1n) is 10.0. The van der Waals surface area contributed by atoms with Crippen molar-refractivity contribution < 1.29 is 18.7 Å². The summed E-state index contributed by atoms with van der Waals surface area (Å²) in [5.74, 6) is 0.962. The molecule has 160 valence electrons. The fourth-order valence-electron chi connectivity index (χ4n) is 3.35. The molecule has 4 rings (SSSR count). The van der Waals surface area contributed by atoms with Crippen LogP contribution in [0.3, 0.4) is 0 Å². The van der Waals surface area contributed by atoms with Crippen molar-refractivity contribution in [1.82, 2.24) is 15.3 Å². The molecule has 3 aromatic rings. The highest BCUT2D eigenvalue weighted by Gasteiger charge is 2.20. The van der Waals surface area contributed by atoms with Crippen LogP contribution >= 0.6 is 0 Å². The Hall–Kier alpha value is -3.68. The van der Waals surface area contributed by atoms with E-state index in [-0.39, 0.29) is 30.6 Å². The lowest BCUT2D eigenvalue weighted by Gasteiger charge is -2.19. The second-order valence-corrected chi connectivity index (χ2v) is 7.17. The molecule has 0 aliphatic carbocycles. The summed E-state index contributed by atoms with van der Waals surface area (Å²) in [4.78, 5) is 21.7. The van der Waals surface area contributed by atoms with Crippen LogP contribution in [0.4, 0.5) is 10.2 Å². The molecular formula is C23H23FN4O3. The predicted molar refractivity (Wildman–Crippen MR) is 114 cm³/mol. The number of allylic oxidation sites excluding steroid dienone is 1. The van der Waals surface area contributed by atoms with Crippen molar-refractivity contribution in [2.24, 2.45) is 0 Å². The van der Waals surface area contributed by atoms with Gasteiger partial charge in [0, 0.05) is 17.5 Å². The zero-order chi connectivity index (χ0) is 21.8. The van der Waals surface area contributed by atoms with Crippen molar-refractivity contribution in [2.45, 2.75) is 26.9 Å². The van der Waals surface area contributed by atoms with Gasteiger partial charge in [-0.1, -0.05) is 30.3 Å². The molecule has 0 radical (unpaired) electrons. The number of aromatic nitrogens is 2. The Morgan fingerprint density at radius 1 is 1.03 bits per heavy atom. The van der Waals surface area contributed by atoms with Crippen LogP contribution in [0.15, 0.2) is 54.0 Å². The Morgan fingerprint density at radius 2 is 1.84 bits per heavy atom. The maximum atomic E-state index is 14.0. The van der Waals surface area contributed by atoms with E-state index in [4.69, 9.17) is 9.47 Å². The number of nitrogens with zero attached hydrogens (tertiary/aromatic N) is 2. The van der Waals surface area contributed by atoms with Gasteiger partial charge in [0.2, 0.25) is 5.76 Å². The lowest BCUT2D eigenvalue weighted by atomic mass is 10.1. The molecule has 2 N–H and O–H groups in total. The fourth-order valence-corrected chi connectivity index (χ4v) is 3.35. The molecule has 0 spiro atoms. The Bertz CT molecular complexity index is 1160. The Balaban J connectivity index is 1.58. The molecule has 8 heteroatoms. The Kier molecular flexibility index (Phi) is 5.97. The molecule has 1 aliphatic rings. The molecule has 7 nitrogen and oxygen atoms in total. The molecule has 2 aromatic carbocycles. The number of aryl methyl sites for hydroxylation is 1. The first kappa shape index (κ1) is 20.6. The third-order valence-corrected chi connectivity index (χ3v) is 4.96. The number of para-hydroxylation sites is 1. The summed E-state index contributed by atoms with van der Waals surface area (Å²) in [6, 6.07) is 12.4. The van der Waals surface area contributed by atoms with Crippen LogP contribution in [0, 0.1) is 12.7 Å². The third-order valence-electron chi connectivity index (χ3n) is 4.96. The molecule has 2 heterocycles. The number of halogens is 1. The molecule has 1 aliphatic heterocycles. The number of rotatable bonds is 6. The number of anilines is 1. The Labute approximate surface area is 179 Å². The monoisotopic (exact) mass is 422 g/mol. The highest BCUT2D eigenvalue weighted by Crippen LogP contribution is 2.24. The number of hydrogen-bond acceptors (Lipinski definition) is 6. The van der Waals surface area contributed by atoms with E-state index in [1.807, 2.05) is 25.1 Å². The van der Waals surface area contributed by atoms with Crippen molar-refractivity contribution in [3.05, 3.63) is 76.8 Å². The summed E-state index contributed by atoms with van der Waals surface area (Å²) in [5, 5.41) is 6.82. The van der Waals surface area contributed by atoms with Gasteiger partial charge in [-0.2, -0.15) is 0 Å². The van der Waals surface area contributed by atoms with Gasteiger partial charge in [0.1, 0.15) is 30.6 Å². The van der Waals surface area contributed by atoms with Crippen molar-refractivity contribution >= 4 is 22.6 Å². The normalized spacial score (nSPS) is 13.5. The minimum atomic E-state index is -0.383. The van der Waals surface area contributed by atoms with Crippen LogP contribution < -0.4 is 10.6 Å². The molecule has 1 amide bonds. The van der Waals surface area contributed by atoms with Crippen LogP contribution in [-0.2, 0) is 27.4 Å². The number of carbonyl (C=O) groups is 1. The predicted octanol–water partition coefficient (Wildman–Crippen LogP) is 3.58. The van der Waals surface area contributed by atoms with Crippen molar-refractivity contribution in [2.75, 3.05) is 18.5 Å². The van der Waals surface area contributed by atoms with Crippen LogP contribution in [0.5, 0.6) is 0 Å². The van der Waals surface area contributed by atoms with Gasteiger partial charge in [0.15, 0.2) is 5.82 Å². The topological polar surface area (TPSA) is 85.4 Å². The highest BCUT2D eigenvalue weighted by molar-refractivity contribution is 5.92. The van der Waals surface area contributed by atoms with Crippen molar-refractivity contribution in [1.29, 1.82) is 0 Å². The van der Waals surface area contributed by atoms with Gasteiger partial charge in [-0.25, -0.2) is 14.4 Å². The molecule has 31 heavy (non-hydrogen) atoms. The number of amides is 1. The van der Waals surface area contributed by atoms with E-state index in [1.165, 1.54) is 6.07 Å². The summed E-state index contributed by atoms with van der Waals surface area (Å²) >= 11 is 0. The Morgan fingerprint density at radius 3 is 2.65 bits per heavy atom. The maximum absolute atomic E-state index is 14.0. The average molecular weight is 422 g/mol. The maximum Gasteiger partial charge on any atom is 0.290 e. The standard InChI is InChI=1S/C23H23FN4O3/c1-14-6-5-8-17-20(14)27-19(13-26-23(29)21-15(2)30-10-11-31-21)28-22(17)25-12-16-7-3-4-9-18(16)24/h3-9H,10-13H2,1-2H3,(H,26,29)(H,25,27,28). The van der Waals surface area contributed by atoms with Gasteiger partial charge in [-0.3, -0.25) is 4.79 Å². The summed E-state index contributed by atoms with van der Waals surface area (Å²) in [6.45, 7) is 4.78. The first-order valence-corrected chi connectivity index (χ1v) is 10.0. The minimum Gasteiger partial charge on any atom is -0.491 e. The van der Waals surface area contributed by atoms with E-state index in [0.29, 0.717) is 36.2 Å². The van der Waals surface area contributed by atoms with Crippen LogP contribution in [0.1, 0.15) is 23.9 Å². The van der Waals surface area contributed by atoms with E-state index in [2.05, 4.69) is 20.6 Å². The van der Waals surface area contributed by atoms with Crippen LogP contribution in [0.25, 0.3) is 10.9 Å². The molecule has 0 saturated heterocycles. The van der Waals surface area contributed by atoms with Crippen LogP contribution in [0.2, 0.25) is 0 Å². The van der Waals surface area contributed by atoms with Gasteiger partial charge in [-0.15, -0.1) is 0 Å². The fraction of sp³-hybridized carbons (Fsp3) is 0.261. The molecule has 0 fully saturated rings. The van der Waals surface area contributed by atoms with Crippen molar-refractivity contribution in [3.8, 4) is 0 Å². The highest BCUT2D eigenvalue weighted by atomic mass is 19.1. The summed E-state index contributed by atoms with van der Waals surface area (Å²) in [5.41, 5.74) is 2.28. The zero-order valence-electron chi connectivity index (χ0n) is 17.4. The second-order valence-electron chi connectivity index (χ2n) is 7.17. The molecule has 0 bridgehead atoms. The quantitative estimate of drug-likeness (QED) is 0.632. The minimum absolute atomic E-state index is 0.109. The third kappa shape index (κ3) is 4.58. The number of carbonyl (C=O) groups excluding carboxylic acids is 1. The van der Waals surface area contributed by atoms with Gasteiger partial charge < -0.3 is 20.1 Å². The zero-order valence-corrected chi connectivity index (χ0v) is 17.4. The number of nitrogens with one attached hydrogen (secondary N) is 2. The molecule has 0 atom stereocenters. The molecule has 0 unspecified atom stereocenters. The number of hydrogen-bond donors (Lipinski definition) is 2. The summed E-state index contributed by atoms with van der Waals surface area (Å²) < 4.78 is 24.8. The summed E-state index contributed by atoms with van der Waals surface area (Å²) in [7, 11) is 0. The number of benzene rings is 2. The van der Waals surface area contributed by atoms with Gasteiger partial charge in [-0.05, 0) is 31.5 Å². The SMILES string of the molecule is CC1=C(C(=O)NCc2nc(NCc3ccccc3F)c3cccc(C)c3n2)OCCO1. The van der Waals surface area contributed by atoms with Crippen molar-refractivity contribution in [3.63, 3.8) is 0 Å². The molecule has 1 aromatic heterocycles. The smallest absolute Gasteiger partial charge is 0.290 e. The number of fused-ring (bicyclic) bond motifs is 1. The van der Waals surface area contributed by atoms with E-state index in [9.17, 15) is 9.18 Å². The van der Waals surface area contributed by atoms with E-state index in [0.717, 1.165) is 16.5 Å². The van der Waals surface area contributed by atoms with Gasteiger partial charge in [0.05, 0.1) is 12.1 Å². The lowest BCUT2D eigenvalue weighted by Crippen LogP contribution is -2.30. The second kappa shape index (κ2) is 8.99. The molecule has 0 saturated carbocycles. The lowest BCUT2D eigenvalue weighted by molar-refractivity contribution is -0.122. The largest absolute Gasteiger partial charge is 0.491 e. The average Bonchev–Trinajstić information content (AvgIpc) is 2.77. The first-order chi connectivity index (χ1) is 15.0.